The second kappa shape index (κ2) is 13.4. The van der Waals surface area contributed by atoms with Crippen LogP contribution in [0.1, 0.15) is 0 Å². The van der Waals surface area contributed by atoms with Crippen molar-refractivity contribution in [1.82, 2.24) is 19.8 Å². The fourth-order valence-corrected chi connectivity index (χ4v) is 6.45. The predicted octanol–water partition coefficient (Wildman–Crippen LogP) is 5.52. The summed E-state index contributed by atoms with van der Waals surface area (Å²) < 4.78 is 43.8. The minimum Gasteiger partial charge on any atom is -0.378 e. The summed E-state index contributed by atoms with van der Waals surface area (Å²) in [6.45, 7) is 9.39. The van der Waals surface area contributed by atoms with Crippen molar-refractivity contribution >= 4 is 64.4 Å². The minimum absolute atomic E-state index is 0.0710. The Labute approximate surface area is 245 Å². The van der Waals surface area contributed by atoms with Gasteiger partial charge < -0.3 is 29.6 Å². The molecule has 1 fully saturated rings. The van der Waals surface area contributed by atoms with Crippen molar-refractivity contribution in [2.45, 2.75) is 42.2 Å². The van der Waals surface area contributed by atoms with Crippen LogP contribution in [0.5, 0.6) is 0 Å². The van der Waals surface area contributed by atoms with Crippen LogP contribution >= 0.6 is 27.7 Å². The van der Waals surface area contributed by atoms with Gasteiger partial charge >= 0.3 is 6.03 Å². The number of hydrogen-bond donors (Lipinski definition) is 2. The van der Waals surface area contributed by atoms with E-state index in [-0.39, 0.29) is 23.0 Å². The molecule has 0 saturated carbocycles. The van der Waals surface area contributed by atoms with E-state index < -0.39 is 25.7 Å². The van der Waals surface area contributed by atoms with Gasteiger partial charge in [-0.15, -0.1) is 0 Å². The fourth-order valence-electron chi connectivity index (χ4n) is 3.96. The molecular formula is C26H32BrF2N5O4SSi. The summed E-state index contributed by atoms with van der Waals surface area (Å²) >= 11 is 4.48. The lowest BCUT2D eigenvalue weighted by molar-refractivity contribution is -0.134. The molecule has 9 nitrogen and oxygen atoms in total. The number of halogens is 3. The Hall–Kier alpha value is -2.52. The van der Waals surface area contributed by atoms with Gasteiger partial charge in [0, 0.05) is 60.6 Å². The van der Waals surface area contributed by atoms with Gasteiger partial charge in [-0.05, 0) is 40.2 Å². The third-order valence-electron chi connectivity index (χ3n) is 6.13. The van der Waals surface area contributed by atoms with Gasteiger partial charge in [0.2, 0.25) is 5.91 Å². The molecule has 2 N–H and O–H groups in total. The summed E-state index contributed by atoms with van der Waals surface area (Å²) in [5, 5.41) is 5.52. The molecule has 1 saturated heterocycles. The Morgan fingerprint density at radius 1 is 1.20 bits per heavy atom. The number of hydrogen-bond acceptors (Lipinski definition) is 6. The Bertz CT molecular complexity index is 1360. The molecule has 0 unspecified atom stereocenters. The fraction of sp³-hybridized carbons (Fsp3) is 0.423. The lowest BCUT2D eigenvalue weighted by Crippen LogP contribution is -2.46. The Balaban J connectivity index is 1.41. The van der Waals surface area contributed by atoms with Gasteiger partial charge in [-0.25, -0.2) is 18.6 Å². The van der Waals surface area contributed by atoms with Crippen molar-refractivity contribution < 1.29 is 27.8 Å². The molecule has 1 aromatic carbocycles. The molecule has 2 aromatic heterocycles. The van der Waals surface area contributed by atoms with Crippen LogP contribution in [-0.2, 0) is 21.0 Å². The molecule has 0 bridgehead atoms. The number of morpholine rings is 1. The second-order valence-corrected chi connectivity index (χ2v) is 18.0. The van der Waals surface area contributed by atoms with E-state index in [2.05, 4.69) is 51.2 Å². The maximum absolute atomic E-state index is 15.1. The first-order valence-electron chi connectivity index (χ1n) is 12.8. The highest BCUT2D eigenvalue weighted by Gasteiger charge is 2.20. The third-order valence-corrected chi connectivity index (χ3v) is 9.59. The van der Waals surface area contributed by atoms with Gasteiger partial charge in [0.15, 0.2) is 0 Å². The zero-order chi connectivity index (χ0) is 28.9. The predicted molar refractivity (Wildman–Crippen MR) is 156 cm³/mol. The van der Waals surface area contributed by atoms with Crippen LogP contribution in [0.3, 0.4) is 0 Å². The third kappa shape index (κ3) is 8.03. The largest absolute Gasteiger partial charge is 0.378 e. The van der Waals surface area contributed by atoms with Gasteiger partial charge in [-0.1, -0.05) is 31.4 Å². The average molecular weight is 657 g/mol. The highest BCUT2D eigenvalue weighted by atomic mass is 79.9. The van der Waals surface area contributed by atoms with Gasteiger partial charge in [0.1, 0.15) is 24.0 Å². The molecule has 0 spiro atoms. The zero-order valence-corrected chi connectivity index (χ0v) is 26.0. The van der Waals surface area contributed by atoms with E-state index in [0.717, 1.165) is 34.4 Å². The molecule has 0 atom stereocenters. The van der Waals surface area contributed by atoms with Crippen molar-refractivity contribution in [3.8, 4) is 0 Å². The number of aromatic nitrogens is 2. The maximum Gasteiger partial charge on any atom is 0.319 e. The number of urea groups is 1. The van der Waals surface area contributed by atoms with Crippen LogP contribution in [0.2, 0.25) is 25.7 Å². The van der Waals surface area contributed by atoms with Crippen LogP contribution in [-0.4, -0.2) is 73.9 Å². The number of carbonyl (C=O) groups is 2. The van der Waals surface area contributed by atoms with Gasteiger partial charge in [-0.2, -0.15) is 0 Å². The lowest BCUT2D eigenvalue weighted by Gasteiger charge is -2.26. The van der Waals surface area contributed by atoms with Crippen LogP contribution in [0.4, 0.5) is 19.3 Å². The molecular weight excluding hydrogens is 624 g/mol. The van der Waals surface area contributed by atoms with E-state index in [1.807, 2.05) is 10.8 Å². The molecule has 0 radical (unpaired) electrons. The molecule has 14 heteroatoms. The summed E-state index contributed by atoms with van der Waals surface area (Å²) in [7, 11) is -1.22. The highest BCUT2D eigenvalue weighted by Crippen LogP contribution is 2.40. The number of nitrogens with zero attached hydrogens (tertiary/aromatic N) is 3. The number of ether oxygens (including phenoxy) is 2. The molecule has 40 heavy (non-hydrogen) atoms. The SMILES string of the molecule is C[Si](C)(C)CCOCn1cc(Br)c2c(Sc3c(F)cc(NC(=O)NCC(=O)N4CCOCC4)cc3F)ccnc21. The first-order chi connectivity index (χ1) is 19.0. The number of benzene rings is 1. The molecule has 216 valence electrons. The molecule has 1 aliphatic rings. The molecule has 1 aliphatic heterocycles. The van der Waals surface area contributed by atoms with E-state index in [4.69, 9.17) is 9.47 Å². The summed E-state index contributed by atoms with van der Waals surface area (Å²) in [5.74, 6) is -1.93. The van der Waals surface area contributed by atoms with Crippen molar-refractivity contribution in [2.75, 3.05) is 44.8 Å². The standard InChI is InChI=1S/C26H32BrF2N5O4SSi/c1-40(2,3)11-10-38-16-34-15-18(27)23-21(4-5-30-25(23)34)39-24-19(28)12-17(13-20(24)29)32-26(36)31-14-22(35)33-6-8-37-9-7-33/h4-5,12-13,15H,6-11,14,16H2,1-3H3,(H2,31,32,36). The van der Waals surface area contributed by atoms with Crippen molar-refractivity contribution in [1.29, 1.82) is 0 Å². The molecule has 3 aromatic rings. The van der Waals surface area contributed by atoms with E-state index in [1.165, 1.54) is 0 Å². The number of carbonyl (C=O) groups excluding carboxylic acids is 2. The summed E-state index contributed by atoms with van der Waals surface area (Å²) in [6, 6.07) is 4.07. The van der Waals surface area contributed by atoms with Crippen LogP contribution < -0.4 is 10.6 Å². The summed E-state index contributed by atoms with van der Waals surface area (Å²) in [5.41, 5.74) is 0.561. The number of fused-ring (bicyclic) bond motifs is 1. The number of nitrogens with one attached hydrogen (secondary N) is 2. The van der Waals surface area contributed by atoms with Crippen molar-refractivity contribution in [3.05, 3.63) is 46.7 Å². The number of pyridine rings is 1. The van der Waals surface area contributed by atoms with Crippen molar-refractivity contribution in [2.24, 2.45) is 0 Å². The number of anilines is 1. The van der Waals surface area contributed by atoms with Crippen LogP contribution in [0.15, 0.2) is 44.9 Å². The van der Waals surface area contributed by atoms with Crippen LogP contribution in [0.25, 0.3) is 11.0 Å². The normalized spacial score (nSPS) is 14.0. The molecule has 4 rings (SSSR count). The quantitative estimate of drug-likeness (QED) is 0.221. The second-order valence-electron chi connectivity index (χ2n) is 10.5. The molecule has 3 heterocycles. The van der Waals surface area contributed by atoms with E-state index in [0.29, 0.717) is 55.6 Å². The average Bonchev–Trinajstić information content (AvgIpc) is 3.23. The Morgan fingerprint density at radius 3 is 2.58 bits per heavy atom. The van der Waals surface area contributed by atoms with E-state index in [9.17, 15) is 9.59 Å². The topological polar surface area (TPSA) is 97.7 Å². The Kier molecular flexibility index (Phi) is 10.2. The maximum atomic E-state index is 15.1. The van der Waals surface area contributed by atoms with E-state index >= 15 is 8.78 Å². The first-order valence-corrected chi connectivity index (χ1v) is 18.1. The van der Waals surface area contributed by atoms with Gasteiger partial charge in [-0.3, -0.25) is 4.79 Å². The van der Waals surface area contributed by atoms with Gasteiger partial charge in [0.05, 0.1) is 24.7 Å². The van der Waals surface area contributed by atoms with Gasteiger partial charge in [0.25, 0.3) is 0 Å². The first kappa shape index (κ1) is 30.4. The minimum atomic E-state index is -1.22. The summed E-state index contributed by atoms with van der Waals surface area (Å²) in [4.78, 5) is 30.9. The van der Waals surface area contributed by atoms with E-state index in [1.54, 1.807) is 17.2 Å². The monoisotopic (exact) mass is 655 g/mol. The number of amides is 3. The highest BCUT2D eigenvalue weighted by molar-refractivity contribution is 9.10. The smallest absolute Gasteiger partial charge is 0.319 e. The summed E-state index contributed by atoms with van der Waals surface area (Å²) in [6.07, 6.45) is 3.43. The number of rotatable bonds is 10. The molecule has 3 amide bonds. The zero-order valence-electron chi connectivity index (χ0n) is 22.6. The van der Waals surface area contributed by atoms with Crippen molar-refractivity contribution in [3.63, 3.8) is 0 Å². The lowest BCUT2D eigenvalue weighted by atomic mass is 10.3. The molecule has 0 aliphatic carbocycles. The Morgan fingerprint density at radius 2 is 1.90 bits per heavy atom. The van der Waals surface area contributed by atoms with Crippen LogP contribution in [0, 0.1) is 11.6 Å².